The fraction of sp³-hybridized carbons (Fsp3) is 0.917. The topological polar surface area (TPSA) is 44.4 Å². The van der Waals surface area contributed by atoms with E-state index < -0.39 is 0 Å². The quantitative estimate of drug-likeness (QED) is 0.692. The van der Waals surface area contributed by atoms with Crippen molar-refractivity contribution >= 4 is 5.91 Å². The third-order valence-corrected chi connectivity index (χ3v) is 3.25. The Bertz CT molecular complexity index is 224. The van der Waals surface area contributed by atoms with Crippen LogP contribution in [-0.4, -0.2) is 50.1 Å². The predicted molar refractivity (Wildman–Crippen MR) is 66.4 cm³/mol. The lowest BCUT2D eigenvalue weighted by Gasteiger charge is -2.30. The van der Waals surface area contributed by atoms with Gasteiger partial charge in [0.05, 0.1) is 6.54 Å². The van der Waals surface area contributed by atoms with E-state index in [-0.39, 0.29) is 5.91 Å². The summed E-state index contributed by atoms with van der Waals surface area (Å²) in [4.78, 5) is 13.8. The summed E-state index contributed by atoms with van der Waals surface area (Å²) in [5, 5.41) is 6.25. The van der Waals surface area contributed by atoms with E-state index in [1.54, 1.807) is 0 Å². The number of rotatable bonds is 6. The number of likely N-dealkylation sites (N-methyl/N-ethyl adjacent to an activating group) is 2. The highest BCUT2D eigenvalue weighted by Crippen LogP contribution is 2.25. The summed E-state index contributed by atoms with van der Waals surface area (Å²) in [6, 6.07) is 0. The second kappa shape index (κ2) is 6.21. The minimum absolute atomic E-state index is 0.138. The molecule has 2 N–H and O–H groups in total. The van der Waals surface area contributed by atoms with E-state index in [0.717, 1.165) is 32.7 Å². The third kappa shape index (κ3) is 4.10. The van der Waals surface area contributed by atoms with E-state index in [1.165, 1.54) is 6.42 Å². The molecule has 1 amide bonds. The number of carbonyl (C=O) groups is 1. The Labute approximate surface area is 98.8 Å². The van der Waals surface area contributed by atoms with Gasteiger partial charge in [-0.3, -0.25) is 9.69 Å². The van der Waals surface area contributed by atoms with Crippen LogP contribution in [0.5, 0.6) is 0 Å². The molecular weight excluding hydrogens is 202 g/mol. The van der Waals surface area contributed by atoms with E-state index >= 15 is 0 Å². The number of nitrogens with zero attached hydrogens (tertiary/aromatic N) is 1. The Kier molecular flexibility index (Phi) is 5.22. The molecule has 0 aliphatic carbocycles. The minimum atomic E-state index is 0.138. The van der Waals surface area contributed by atoms with Gasteiger partial charge in [0.15, 0.2) is 0 Å². The third-order valence-electron chi connectivity index (χ3n) is 3.25. The number of carbonyl (C=O) groups excluding carboxylic acids is 1. The summed E-state index contributed by atoms with van der Waals surface area (Å²) < 4.78 is 0. The number of amides is 1. The Hall–Kier alpha value is -0.610. The standard InChI is InChI=1S/C12H25N3O/c1-4-14-11(16)8-15(5-2)10-12(3)6-7-13-9-12/h13H,4-10H2,1-3H3,(H,14,16). The van der Waals surface area contributed by atoms with Crippen molar-refractivity contribution < 1.29 is 4.79 Å². The molecule has 4 nitrogen and oxygen atoms in total. The Morgan fingerprint density at radius 1 is 1.50 bits per heavy atom. The van der Waals surface area contributed by atoms with Gasteiger partial charge in [0.1, 0.15) is 0 Å². The number of nitrogens with one attached hydrogen (secondary N) is 2. The van der Waals surface area contributed by atoms with Crippen molar-refractivity contribution in [3.63, 3.8) is 0 Å². The SMILES string of the molecule is CCNC(=O)CN(CC)CC1(C)CCNC1. The minimum Gasteiger partial charge on any atom is -0.355 e. The van der Waals surface area contributed by atoms with Crippen molar-refractivity contribution in [2.45, 2.75) is 27.2 Å². The molecule has 0 aromatic carbocycles. The Morgan fingerprint density at radius 3 is 2.75 bits per heavy atom. The summed E-state index contributed by atoms with van der Waals surface area (Å²) in [5.41, 5.74) is 0.336. The van der Waals surface area contributed by atoms with Crippen LogP contribution in [-0.2, 0) is 4.79 Å². The molecule has 1 unspecified atom stereocenters. The second-order valence-electron chi connectivity index (χ2n) is 4.99. The van der Waals surface area contributed by atoms with E-state index in [9.17, 15) is 4.79 Å². The number of hydrogen-bond donors (Lipinski definition) is 2. The van der Waals surface area contributed by atoms with Crippen LogP contribution < -0.4 is 10.6 Å². The van der Waals surface area contributed by atoms with Crippen LogP contribution in [0.15, 0.2) is 0 Å². The van der Waals surface area contributed by atoms with Crippen molar-refractivity contribution in [3.8, 4) is 0 Å². The molecule has 1 aliphatic rings. The highest BCUT2D eigenvalue weighted by molar-refractivity contribution is 5.77. The first-order chi connectivity index (χ1) is 7.59. The average molecular weight is 227 g/mol. The highest BCUT2D eigenvalue weighted by atomic mass is 16.2. The van der Waals surface area contributed by atoms with Gasteiger partial charge >= 0.3 is 0 Å². The van der Waals surface area contributed by atoms with Crippen molar-refractivity contribution in [3.05, 3.63) is 0 Å². The van der Waals surface area contributed by atoms with Gasteiger partial charge in [0.25, 0.3) is 0 Å². The molecule has 1 saturated heterocycles. The van der Waals surface area contributed by atoms with Crippen molar-refractivity contribution in [2.75, 3.05) is 39.3 Å². The van der Waals surface area contributed by atoms with Gasteiger partial charge in [0.2, 0.25) is 5.91 Å². The Balaban J connectivity index is 2.39. The maximum absolute atomic E-state index is 11.5. The molecule has 1 fully saturated rings. The lowest BCUT2D eigenvalue weighted by molar-refractivity contribution is -0.122. The van der Waals surface area contributed by atoms with Crippen LogP contribution in [0.25, 0.3) is 0 Å². The van der Waals surface area contributed by atoms with E-state index in [4.69, 9.17) is 0 Å². The first kappa shape index (κ1) is 13.5. The summed E-state index contributed by atoms with van der Waals surface area (Å²) in [6.45, 7) is 11.7. The van der Waals surface area contributed by atoms with Crippen molar-refractivity contribution in [1.29, 1.82) is 0 Å². The normalized spacial score (nSPS) is 25.0. The molecule has 4 heteroatoms. The van der Waals surface area contributed by atoms with Gasteiger partial charge in [-0.05, 0) is 31.8 Å². The molecule has 0 aromatic rings. The summed E-state index contributed by atoms with van der Waals surface area (Å²) in [6.07, 6.45) is 1.21. The van der Waals surface area contributed by atoms with Crippen LogP contribution in [0, 0.1) is 5.41 Å². The van der Waals surface area contributed by atoms with Gasteiger partial charge in [0, 0.05) is 19.6 Å². The molecule has 1 rings (SSSR count). The first-order valence-corrected chi connectivity index (χ1v) is 6.29. The molecule has 0 spiro atoms. The monoisotopic (exact) mass is 227 g/mol. The first-order valence-electron chi connectivity index (χ1n) is 6.29. The predicted octanol–water partition coefficient (Wildman–Crippen LogP) is 0.444. The molecule has 94 valence electrons. The van der Waals surface area contributed by atoms with Crippen molar-refractivity contribution in [1.82, 2.24) is 15.5 Å². The zero-order chi connectivity index (χ0) is 12.0. The smallest absolute Gasteiger partial charge is 0.234 e. The summed E-state index contributed by atoms with van der Waals surface area (Å²) >= 11 is 0. The average Bonchev–Trinajstić information content (AvgIpc) is 2.64. The van der Waals surface area contributed by atoms with E-state index in [2.05, 4.69) is 29.4 Å². The van der Waals surface area contributed by atoms with Crippen LogP contribution in [0.1, 0.15) is 27.2 Å². The zero-order valence-corrected chi connectivity index (χ0v) is 10.8. The lowest BCUT2D eigenvalue weighted by Crippen LogP contribution is -2.43. The van der Waals surface area contributed by atoms with Gasteiger partial charge in [-0.25, -0.2) is 0 Å². The van der Waals surface area contributed by atoms with Gasteiger partial charge < -0.3 is 10.6 Å². The Morgan fingerprint density at radius 2 is 2.25 bits per heavy atom. The largest absolute Gasteiger partial charge is 0.355 e. The molecule has 0 bridgehead atoms. The highest BCUT2D eigenvalue weighted by Gasteiger charge is 2.30. The molecule has 16 heavy (non-hydrogen) atoms. The van der Waals surface area contributed by atoms with E-state index in [1.807, 2.05) is 6.92 Å². The second-order valence-corrected chi connectivity index (χ2v) is 4.99. The fourth-order valence-corrected chi connectivity index (χ4v) is 2.28. The molecule has 1 aliphatic heterocycles. The van der Waals surface area contributed by atoms with Crippen LogP contribution in [0.3, 0.4) is 0 Å². The fourth-order valence-electron chi connectivity index (χ4n) is 2.28. The molecule has 0 aromatic heterocycles. The van der Waals surface area contributed by atoms with Gasteiger partial charge in [-0.1, -0.05) is 13.8 Å². The molecule has 0 radical (unpaired) electrons. The molecular formula is C12H25N3O. The summed E-state index contributed by atoms with van der Waals surface area (Å²) in [5.74, 6) is 0.138. The molecule has 1 atom stereocenters. The van der Waals surface area contributed by atoms with Gasteiger partial charge in [-0.2, -0.15) is 0 Å². The van der Waals surface area contributed by atoms with Crippen LogP contribution in [0.4, 0.5) is 0 Å². The molecule has 1 heterocycles. The lowest BCUT2D eigenvalue weighted by atomic mass is 9.89. The van der Waals surface area contributed by atoms with Crippen LogP contribution in [0.2, 0.25) is 0 Å². The maximum atomic E-state index is 11.5. The maximum Gasteiger partial charge on any atom is 0.234 e. The number of hydrogen-bond acceptors (Lipinski definition) is 3. The van der Waals surface area contributed by atoms with E-state index in [0.29, 0.717) is 12.0 Å². The zero-order valence-electron chi connectivity index (χ0n) is 10.8. The van der Waals surface area contributed by atoms with Gasteiger partial charge in [-0.15, -0.1) is 0 Å². The van der Waals surface area contributed by atoms with Crippen molar-refractivity contribution in [2.24, 2.45) is 5.41 Å². The summed E-state index contributed by atoms with van der Waals surface area (Å²) in [7, 11) is 0. The molecule has 0 saturated carbocycles. The van der Waals surface area contributed by atoms with Crippen LogP contribution >= 0.6 is 0 Å².